The first kappa shape index (κ1) is 77.5. The Hall–Kier alpha value is -1.73. The zero-order chi connectivity index (χ0) is 61.9. The van der Waals surface area contributed by atoms with Crippen LogP contribution in [0.4, 0.5) is 0 Å². The highest BCUT2D eigenvalue weighted by Crippen LogP contribution is 2.33. The molecule has 0 aromatic carbocycles. The van der Waals surface area contributed by atoms with Gasteiger partial charge in [0.25, 0.3) is 0 Å². The third-order valence-corrected chi connectivity index (χ3v) is 17.3. The van der Waals surface area contributed by atoms with Gasteiger partial charge in [-0.3, -0.25) is 4.79 Å². The van der Waals surface area contributed by atoms with Gasteiger partial charge in [-0.05, 0) is 32.1 Å². The Morgan fingerprint density at radius 3 is 1.18 bits per heavy atom. The fourth-order valence-electron chi connectivity index (χ4n) is 11.7. The second-order valence-corrected chi connectivity index (χ2v) is 24.6. The second-order valence-electron chi connectivity index (χ2n) is 24.6. The van der Waals surface area contributed by atoms with Crippen LogP contribution < -0.4 is 5.32 Å². The summed E-state index contributed by atoms with van der Waals surface area (Å²) in [6.45, 7) is 1.74. The average Bonchev–Trinajstić information content (AvgIpc) is 3.10. The number of ether oxygens (including phenoxy) is 6. The van der Waals surface area contributed by atoms with E-state index < -0.39 is 124 Å². The fourth-order valence-corrected chi connectivity index (χ4v) is 11.7. The van der Waals surface area contributed by atoms with Crippen molar-refractivity contribution < 1.29 is 89.4 Å². The van der Waals surface area contributed by atoms with Crippen LogP contribution in [0.1, 0.15) is 258 Å². The molecule has 3 heterocycles. The van der Waals surface area contributed by atoms with E-state index in [-0.39, 0.29) is 18.9 Å². The molecule has 3 saturated heterocycles. The number of nitrogens with one attached hydrogen (secondary N) is 1. The molecule has 19 heteroatoms. The summed E-state index contributed by atoms with van der Waals surface area (Å²) in [7, 11) is 0. The van der Waals surface area contributed by atoms with Gasteiger partial charge >= 0.3 is 0 Å². The minimum Gasteiger partial charge on any atom is -0.394 e. The Balaban J connectivity index is 1.46. The number of carbonyl (C=O) groups is 1. The Morgan fingerprint density at radius 1 is 0.412 bits per heavy atom. The van der Waals surface area contributed by atoms with E-state index in [2.05, 4.69) is 31.3 Å². The van der Waals surface area contributed by atoms with Gasteiger partial charge in [0.2, 0.25) is 5.91 Å². The van der Waals surface area contributed by atoms with Crippen molar-refractivity contribution in [2.75, 3.05) is 26.4 Å². The SMILES string of the molecule is CCCCCCCCCCCCCCCCCCCC/C=C/CC/C=C/C(O)C(COC1OC(CO)C(OC2OC(CO)C(OC3OC(CO)C(O)C(O)C3O)C(O)C2O)C(O)C1O)NC(=O)CCCCCCCCCCCCCCCCCC. The molecule has 0 aliphatic carbocycles. The van der Waals surface area contributed by atoms with Gasteiger partial charge in [0, 0.05) is 6.42 Å². The van der Waals surface area contributed by atoms with Crippen molar-refractivity contribution in [3.8, 4) is 0 Å². The summed E-state index contributed by atoms with van der Waals surface area (Å²) in [5, 5.41) is 120. The first-order valence-corrected chi connectivity index (χ1v) is 34.1. The second kappa shape index (κ2) is 49.0. The molecule has 85 heavy (non-hydrogen) atoms. The molecule has 17 unspecified atom stereocenters. The number of aliphatic hydroxyl groups is 11. The van der Waals surface area contributed by atoms with E-state index in [1.807, 2.05) is 6.08 Å². The first-order chi connectivity index (χ1) is 41.3. The molecule has 0 saturated carbocycles. The molecule has 3 fully saturated rings. The lowest BCUT2D eigenvalue weighted by molar-refractivity contribution is -0.379. The quantitative estimate of drug-likeness (QED) is 0.0201. The molecule has 0 spiro atoms. The standard InChI is InChI=1S/C66H123NO18/c1-3-5-7-9-11-13-15-17-19-21-22-23-24-25-26-27-28-29-31-33-35-37-39-41-43-50(71)49(67-54(72)44-42-40-38-36-34-32-30-20-18-16-14-12-10-8-6-4-2)48-80-64-60(78)57(75)62(52(46-69)82-64)85-66-61(79)58(76)63(53(47-70)83-66)84-65-59(77)56(74)55(73)51(45-68)81-65/h33,35,41,43,49-53,55-66,68-71,73-79H,3-32,34,36-40,42,44-48H2,1-2H3,(H,67,72)/b35-33+,43-41+. The van der Waals surface area contributed by atoms with Gasteiger partial charge in [0.15, 0.2) is 18.9 Å². The predicted octanol–water partition coefficient (Wildman–Crippen LogP) is 8.27. The molecular weight excluding hydrogens is 1090 g/mol. The van der Waals surface area contributed by atoms with Crippen LogP contribution in [0.25, 0.3) is 0 Å². The molecule has 3 rings (SSSR count). The average molecular weight is 1220 g/mol. The van der Waals surface area contributed by atoms with Gasteiger partial charge in [0.1, 0.15) is 73.2 Å². The van der Waals surface area contributed by atoms with Crippen LogP contribution in [0.3, 0.4) is 0 Å². The summed E-state index contributed by atoms with van der Waals surface area (Å²) >= 11 is 0. The molecule has 12 N–H and O–H groups in total. The van der Waals surface area contributed by atoms with Crippen LogP contribution >= 0.6 is 0 Å². The highest BCUT2D eigenvalue weighted by molar-refractivity contribution is 5.76. The molecule has 17 atom stereocenters. The Labute approximate surface area is 511 Å². The lowest BCUT2D eigenvalue weighted by Gasteiger charge is -2.48. The fraction of sp³-hybridized carbons (Fsp3) is 0.924. The number of allylic oxidation sites excluding steroid dienone is 3. The molecule has 0 aromatic heterocycles. The van der Waals surface area contributed by atoms with Crippen LogP contribution in [-0.2, 0) is 33.2 Å². The summed E-state index contributed by atoms with van der Waals surface area (Å²) in [4.78, 5) is 13.4. The maximum absolute atomic E-state index is 13.4. The van der Waals surface area contributed by atoms with Crippen LogP contribution in [0.2, 0.25) is 0 Å². The van der Waals surface area contributed by atoms with Gasteiger partial charge in [-0.1, -0.05) is 244 Å². The van der Waals surface area contributed by atoms with E-state index in [0.717, 1.165) is 38.5 Å². The maximum atomic E-state index is 13.4. The van der Waals surface area contributed by atoms with E-state index in [1.165, 1.54) is 186 Å². The minimum atomic E-state index is -1.98. The Kier molecular flexibility index (Phi) is 44.7. The van der Waals surface area contributed by atoms with E-state index in [9.17, 15) is 61.0 Å². The van der Waals surface area contributed by atoms with Gasteiger partial charge in [0.05, 0.1) is 38.6 Å². The molecular formula is C66H123NO18. The normalized spacial score (nSPS) is 29.1. The van der Waals surface area contributed by atoms with Crippen molar-refractivity contribution in [1.29, 1.82) is 0 Å². The van der Waals surface area contributed by atoms with E-state index in [0.29, 0.717) is 12.8 Å². The van der Waals surface area contributed by atoms with E-state index in [4.69, 9.17) is 28.4 Å². The molecule has 3 aliphatic heterocycles. The topological polar surface area (TPSA) is 307 Å². The molecule has 0 aromatic rings. The van der Waals surface area contributed by atoms with Gasteiger partial charge < -0.3 is 89.9 Å². The summed E-state index contributed by atoms with van der Waals surface area (Å²) in [6.07, 6.45) is 27.3. The summed E-state index contributed by atoms with van der Waals surface area (Å²) in [6, 6.07) is -0.986. The lowest BCUT2D eigenvalue weighted by Crippen LogP contribution is -2.66. The number of hydrogen-bond acceptors (Lipinski definition) is 18. The number of carbonyl (C=O) groups excluding carboxylic acids is 1. The van der Waals surface area contributed by atoms with Crippen LogP contribution in [0.15, 0.2) is 24.3 Å². The summed E-state index contributed by atoms with van der Waals surface area (Å²) in [5.41, 5.74) is 0. The Bertz CT molecular complexity index is 1640. The van der Waals surface area contributed by atoms with Crippen molar-refractivity contribution in [3.05, 3.63) is 24.3 Å². The summed E-state index contributed by atoms with van der Waals surface area (Å²) in [5.74, 6) is -0.281. The van der Waals surface area contributed by atoms with Crippen LogP contribution in [-0.4, -0.2) is 193 Å². The number of rotatable bonds is 52. The van der Waals surface area contributed by atoms with Crippen molar-refractivity contribution in [2.24, 2.45) is 0 Å². The van der Waals surface area contributed by atoms with Gasteiger partial charge in [-0.15, -0.1) is 0 Å². The van der Waals surface area contributed by atoms with Crippen molar-refractivity contribution >= 4 is 5.91 Å². The highest BCUT2D eigenvalue weighted by atomic mass is 16.8. The number of hydrogen-bond donors (Lipinski definition) is 12. The molecule has 0 bridgehead atoms. The first-order valence-electron chi connectivity index (χ1n) is 34.1. The van der Waals surface area contributed by atoms with Crippen LogP contribution in [0, 0.1) is 0 Å². The predicted molar refractivity (Wildman–Crippen MR) is 328 cm³/mol. The van der Waals surface area contributed by atoms with E-state index >= 15 is 0 Å². The number of aliphatic hydroxyl groups excluding tert-OH is 11. The third-order valence-electron chi connectivity index (χ3n) is 17.3. The zero-order valence-corrected chi connectivity index (χ0v) is 52.6. The molecule has 1 amide bonds. The molecule has 0 radical (unpaired) electrons. The molecule has 19 nitrogen and oxygen atoms in total. The van der Waals surface area contributed by atoms with Gasteiger partial charge in [-0.25, -0.2) is 0 Å². The third kappa shape index (κ3) is 31.7. The zero-order valence-electron chi connectivity index (χ0n) is 52.6. The van der Waals surface area contributed by atoms with Crippen molar-refractivity contribution in [3.63, 3.8) is 0 Å². The van der Waals surface area contributed by atoms with Crippen LogP contribution in [0.5, 0.6) is 0 Å². The summed E-state index contributed by atoms with van der Waals surface area (Å²) < 4.78 is 34.3. The van der Waals surface area contributed by atoms with Gasteiger partial charge in [-0.2, -0.15) is 0 Å². The lowest BCUT2D eigenvalue weighted by atomic mass is 9.96. The smallest absolute Gasteiger partial charge is 0.220 e. The number of unbranched alkanes of at least 4 members (excludes halogenated alkanes) is 34. The molecule has 500 valence electrons. The Morgan fingerprint density at radius 2 is 0.753 bits per heavy atom. The molecule has 3 aliphatic rings. The minimum absolute atomic E-state index is 0.240. The highest BCUT2D eigenvalue weighted by Gasteiger charge is 2.53. The van der Waals surface area contributed by atoms with Crippen molar-refractivity contribution in [1.82, 2.24) is 5.32 Å². The number of amides is 1. The van der Waals surface area contributed by atoms with Crippen molar-refractivity contribution in [2.45, 2.75) is 362 Å². The largest absolute Gasteiger partial charge is 0.394 e. The maximum Gasteiger partial charge on any atom is 0.220 e. The monoisotopic (exact) mass is 1220 g/mol. The van der Waals surface area contributed by atoms with E-state index in [1.54, 1.807) is 6.08 Å².